The zero-order valence-corrected chi connectivity index (χ0v) is 7.92. The van der Waals surface area contributed by atoms with E-state index >= 15 is 0 Å². The Hall–Kier alpha value is -1.06. The summed E-state index contributed by atoms with van der Waals surface area (Å²) in [6, 6.07) is 0. The maximum Gasteiger partial charge on any atom is 0.241 e. The van der Waals surface area contributed by atoms with Gasteiger partial charge in [0, 0.05) is 26.1 Å². The Morgan fingerprint density at radius 3 is 2.69 bits per heavy atom. The molecule has 4 heteroatoms. The lowest BCUT2D eigenvalue weighted by Crippen LogP contribution is -2.50. The molecule has 1 saturated heterocycles. The summed E-state index contributed by atoms with van der Waals surface area (Å²) in [6.07, 6.45) is 2.28. The average molecular weight is 181 g/mol. The molecule has 1 N–H and O–H groups in total. The molecule has 0 radical (unpaired) electrons. The standard InChI is InChI=1S/C9H15N3O/c1-11-4-5-12(6-8(11)13)9(10)7-2-3-7/h7,10H,2-6H2,1H3. The number of likely N-dealkylation sites (N-methyl/N-ethyl adjacent to an activating group) is 1. The summed E-state index contributed by atoms with van der Waals surface area (Å²) in [6.45, 7) is 2.00. The first-order valence-corrected chi connectivity index (χ1v) is 4.76. The molecule has 2 rings (SSSR count). The van der Waals surface area contributed by atoms with E-state index in [1.165, 1.54) is 0 Å². The molecule has 2 fully saturated rings. The minimum Gasteiger partial charge on any atom is -0.349 e. The normalized spacial score (nSPS) is 23.6. The van der Waals surface area contributed by atoms with Crippen LogP contribution in [0.15, 0.2) is 0 Å². The van der Waals surface area contributed by atoms with Gasteiger partial charge in [-0.15, -0.1) is 0 Å². The van der Waals surface area contributed by atoms with Gasteiger partial charge in [0.25, 0.3) is 0 Å². The van der Waals surface area contributed by atoms with Gasteiger partial charge in [-0.05, 0) is 12.8 Å². The monoisotopic (exact) mass is 181 g/mol. The van der Waals surface area contributed by atoms with Crippen LogP contribution in [0.2, 0.25) is 0 Å². The predicted octanol–water partition coefficient (Wildman–Crippen LogP) is 0.148. The van der Waals surface area contributed by atoms with E-state index in [2.05, 4.69) is 0 Å². The lowest BCUT2D eigenvalue weighted by molar-refractivity contribution is -0.132. The topological polar surface area (TPSA) is 47.4 Å². The summed E-state index contributed by atoms with van der Waals surface area (Å²) in [4.78, 5) is 15.0. The van der Waals surface area contributed by atoms with Gasteiger partial charge in [0.15, 0.2) is 0 Å². The molecule has 1 aliphatic carbocycles. The summed E-state index contributed by atoms with van der Waals surface area (Å²) < 4.78 is 0. The van der Waals surface area contributed by atoms with Crippen molar-refractivity contribution in [2.45, 2.75) is 12.8 Å². The van der Waals surface area contributed by atoms with E-state index in [0.29, 0.717) is 18.3 Å². The Bertz CT molecular complexity index is 247. The molecule has 1 heterocycles. The molecule has 0 aromatic rings. The lowest BCUT2D eigenvalue weighted by atomic mass is 10.2. The van der Waals surface area contributed by atoms with Gasteiger partial charge in [-0.1, -0.05) is 0 Å². The van der Waals surface area contributed by atoms with Crippen molar-refractivity contribution in [1.29, 1.82) is 5.41 Å². The van der Waals surface area contributed by atoms with Crippen molar-refractivity contribution in [2.75, 3.05) is 26.7 Å². The molecule has 1 saturated carbocycles. The fourth-order valence-electron chi connectivity index (χ4n) is 1.58. The van der Waals surface area contributed by atoms with Crippen LogP contribution in [0.1, 0.15) is 12.8 Å². The van der Waals surface area contributed by atoms with Crippen molar-refractivity contribution >= 4 is 11.7 Å². The van der Waals surface area contributed by atoms with Crippen molar-refractivity contribution < 1.29 is 4.79 Å². The first kappa shape index (κ1) is 8.53. The second kappa shape index (κ2) is 3.01. The van der Waals surface area contributed by atoms with E-state index in [0.717, 1.165) is 25.9 Å². The number of piperazine rings is 1. The molecular formula is C9H15N3O. The predicted molar refractivity (Wildman–Crippen MR) is 49.7 cm³/mol. The van der Waals surface area contributed by atoms with Gasteiger partial charge in [0.05, 0.1) is 12.4 Å². The molecule has 0 spiro atoms. The highest BCUT2D eigenvalue weighted by molar-refractivity contribution is 5.89. The SMILES string of the molecule is CN1CCN(C(=N)C2CC2)CC1=O. The average Bonchev–Trinajstić information content (AvgIpc) is 2.91. The maximum absolute atomic E-state index is 11.3. The molecule has 0 unspecified atom stereocenters. The highest BCUT2D eigenvalue weighted by Crippen LogP contribution is 2.31. The summed E-state index contributed by atoms with van der Waals surface area (Å²) in [5.74, 6) is 1.27. The van der Waals surface area contributed by atoms with Crippen LogP contribution in [-0.2, 0) is 4.79 Å². The van der Waals surface area contributed by atoms with Gasteiger partial charge in [0.2, 0.25) is 5.91 Å². The van der Waals surface area contributed by atoms with Crippen molar-refractivity contribution in [3.63, 3.8) is 0 Å². The fraction of sp³-hybridized carbons (Fsp3) is 0.778. The van der Waals surface area contributed by atoms with Crippen molar-refractivity contribution in [3.05, 3.63) is 0 Å². The third-order valence-electron chi connectivity index (χ3n) is 2.76. The minimum absolute atomic E-state index is 0.136. The second-order valence-electron chi connectivity index (χ2n) is 3.90. The Kier molecular flexibility index (Phi) is 1.98. The van der Waals surface area contributed by atoms with Crippen LogP contribution in [0.5, 0.6) is 0 Å². The summed E-state index contributed by atoms with van der Waals surface area (Å²) in [7, 11) is 1.82. The molecule has 13 heavy (non-hydrogen) atoms. The van der Waals surface area contributed by atoms with E-state index in [1.807, 2.05) is 11.9 Å². The van der Waals surface area contributed by atoms with Crippen LogP contribution in [-0.4, -0.2) is 48.2 Å². The van der Waals surface area contributed by atoms with E-state index in [-0.39, 0.29) is 5.91 Å². The summed E-state index contributed by atoms with van der Waals surface area (Å²) in [5.41, 5.74) is 0. The van der Waals surface area contributed by atoms with E-state index < -0.39 is 0 Å². The van der Waals surface area contributed by atoms with Crippen LogP contribution in [0.4, 0.5) is 0 Å². The van der Waals surface area contributed by atoms with Crippen molar-refractivity contribution in [3.8, 4) is 0 Å². The van der Waals surface area contributed by atoms with E-state index in [4.69, 9.17) is 5.41 Å². The molecular weight excluding hydrogens is 166 g/mol. The van der Waals surface area contributed by atoms with Gasteiger partial charge < -0.3 is 9.80 Å². The number of carbonyl (C=O) groups is 1. The summed E-state index contributed by atoms with van der Waals surface area (Å²) >= 11 is 0. The largest absolute Gasteiger partial charge is 0.349 e. The lowest BCUT2D eigenvalue weighted by Gasteiger charge is -2.33. The van der Waals surface area contributed by atoms with Crippen LogP contribution in [0.25, 0.3) is 0 Å². The molecule has 0 aromatic heterocycles. The fourth-order valence-corrected chi connectivity index (χ4v) is 1.58. The van der Waals surface area contributed by atoms with Gasteiger partial charge in [-0.25, -0.2) is 0 Å². The Morgan fingerprint density at radius 2 is 2.15 bits per heavy atom. The Morgan fingerprint density at radius 1 is 1.46 bits per heavy atom. The number of hydrogen-bond donors (Lipinski definition) is 1. The smallest absolute Gasteiger partial charge is 0.241 e. The third kappa shape index (κ3) is 1.66. The van der Waals surface area contributed by atoms with Gasteiger partial charge >= 0.3 is 0 Å². The maximum atomic E-state index is 11.3. The Balaban J connectivity index is 1.94. The number of carbonyl (C=O) groups excluding carboxylic acids is 1. The van der Waals surface area contributed by atoms with Gasteiger partial charge in [-0.2, -0.15) is 0 Å². The first-order chi connectivity index (χ1) is 6.18. The molecule has 72 valence electrons. The number of nitrogens with zero attached hydrogens (tertiary/aromatic N) is 2. The molecule has 1 aliphatic heterocycles. The van der Waals surface area contributed by atoms with E-state index in [9.17, 15) is 4.79 Å². The zero-order valence-electron chi connectivity index (χ0n) is 7.92. The number of rotatable bonds is 1. The summed E-state index contributed by atoms with van der Waals surface area (Å²) in [5, 5.41) is 7.81. The second-order valence-corrected chi connectivity index (χ2v) is 3.90. The van der Waals surface area contributed by atoms with E-state index in [1.54, 1.807) is 4.90 Å². The third-order valence-corrected chi connectivity index (χ3v) is 2.76. The zero-order chi connectivity index (χ0) is 9.42. The van der Waals surface area contributed by atoms with Crippen LogP contribution >= 0.6 is 0 Å². The van der Waals surface area contributed by atoms with Crippen LogP contribution in [0, 0.1) is 11.3 Å². The van der Waals surface area contributed by atoms with Gasteiger partial charge in [-0.3, -0.25) is 10.2 Å². The number of nitrogens with one attached hydrogen (secondary N) is 1. The molecule has 2 aliphatic rings. The molecule has 0 aromatic carbocycles. The van der Waals surface area contributed by atoms with Crippen LogP contribution < -0.4 is 0 Å². The van der Waals surface area contributed by atoms with Crippen molar-refractivity contribution in [1.82, 2.24) is 9.80 Å². The highest BCUT2D eigenvalue weighted by atomic mass is 16.2. The molecule has 4 nitrogen and oxygen atoms in total. The number of amides is 1. The minimum atomic E-state index is 0.136. The molecule has 0 atom stereocenters. The van der Waals surface area contributed by atoms with Crippen molar-refractivity contribution in [2.24, 2.45) is 5.92 Å². The quantitative estimate of drug-likeness (QED) is 0.462. The van der Waals surface area contributed by atoms with Gasteiger partial charge in [0.1, 0.15) is 0 Å². The molecule has 1 amide bonds. The number of hydrogen-bond acceptors (Lipinski definition) is 2. The number of amidine groups is 1. The Labute approximate surface area is 78.0 Å². The highest BCUT2D eigenvalue weighted by Gasteiger charge is 2.32. The van der Waals surface area contributed by atoms with Crippen LogP contribution in [0.3, 0.4) is 0 Å². The first-order valence-electron chi connectivity index (χ1n) is 4.76. The molecule has 0 bridgehead atoms.